The number of ether oxygens (including phenoxy) is 1. The van der Waals surface area contributed by atoms with Crippen molar-refractivity contribution in [2.24, 2.45) is 0 Å². The van der Waals surface area contributed by atoms with Crippen molar-refractivity contribution in [1.82, 2.24) is 5.32 Å². The lowest BCUT2D eigenvalue weighted by molar-refractivity contribution is -0.124. The molecule has 0 fully saturated rings. The maximum Gasteiger partial charge on any atom is 0.338 e. The van der Waals surface area contributed by atoms with E-state index in [4.69, 9.17) is 4.74 Å². The molecule has 0 heterocycles. The van der Waals surface area contributed by atoms with Crippen LogP contribution in [-0.4, -0.2) is 24.5 Å². The van der Waals surface area contributed by atoms with Gasteiger partial charge in [0.2, 0.25) is 0 Å². The molecule has 0 bridgehead atoms. The topological polar surface area (TPSA) is 55.4 Å². The number of aryl methyl sites for hydroxylation is 2. The highest BCUT2D eigenvalue weighted by Crippen LogP contribution is 2.11. The molecule has 0 atom stereocenters. The van der Waals surface area contributed by atoms with E-state index in [1.54, 1.807) is 6.07 Å². The summed E-state index contributed by atoms with van der Waals surface area (Å²) in [4.78, 5) is 23.1. The molecule has 1 amide bonds. The Morgan fingerprint density at radius 3 is 2.50 bits per heavy atom. The van der Waals surface area contributed by atoms with Crippen LogP contribution in [-0.2, 0) is 9.53 Å². The lowest BCUT2D eigenvalue weighted by Gasteiger charge is -2.10. The second-order valence-corrected chi connectivity index (χ2v) is 4.62. The molecule has 0 saturated heterocycles. The molecule has 98 valence electrons. The second-order valence-electron chi connectivity index (χ2n) is 4.62. The average Bonchev–Trinajstić information content (AvgIpc) is 2.25. The van der Waals surface area contributed by atoms with Crippen molar-refractivity contribution in [3.05, 3.63) is 34.9 Å². The van der Waals surface area contributed by atoms with Gasteiger partial charge in [-0.3, -0.25) is 4.79 Å². The van der Waals surface area contributed by atoms with Gasteiger partial charge in [-0.2, -0.15) is 0 Å². The minimum Gasteiger partial charge on any atom is -0.452 e. The fraction of sp³-hybridized carbons (Fsp3) is 0.429. The van der Waals surface area contributed by atoms with Crippen molar-refractivity contribution >= 4 is 11.9 Å². The van der Waals surface area contributed by atoms with Crippen molar-refractivity contribution in [3.63, 3.8) is 0 Å². The first-order valence-electron chi connectivity index (χ1n) is 5.94. The molecule has 1 aromatic carbocycles. The molecule has 4 nitrogen and oxygen atoms in total. The van der Waals surface area contributed by atoms with Gasteiger partial charge in [0.05, 0.1) is 5.56 Å². The smallest absolute Gasteiger partial charge is 0.338 e. The first-order valence-corrected chi connectivity index (χ1v) is 5.94. The minimum atomic E-state index is -0.466. The Hall–Kier alpha value is -1.84. The normalized spacial score (nSPS) is 10.3. The van der Waals surface area contributed by atoms with Crippen LogP contribution in [0.25, 0.3) is 0 Å². The molecule has 1 N–H and O–H groups in total. The standard InChI is InChI=1S/C14H19NO3/c1-9(2)15-13(16)8-18-14(17)12-6-5-10(3)7-11(12)4/h5-7,9H,8H2,1-4H3,(H,15,16). The van der Waals surface area contributed by atoms with Crippen LogP contribution in [0.15, 0.2) is 18.2 Å². The Bertz CT molecular complexity index is 452. The zero-order valence-corrected chi connectivity index (χ0v) is 11.2. The van der Waals surface area contributed by atoms with Crippen molar-refractivity contribution in [2.75, 3.05) is 6.61 Å². The van der Waals surface area contributed by atoms with E-state index < -0.39 is 5.97 Å². The van der Waals surface area contributed by atoms with Gasteiger partial charge in [-0.05, 0) is 39.3 Å². The molecule has 0 unspecified atom stereocenters. The van der Waals surface area contributed by atoms with Gasteiger partial charge in [0.15, 0.2) is 6.61 Å². The minimum absolute atomic E-state index is 0.0392. The summed E-state index contributed by atoms with van der Waals surface area (Å²) in [6.45, 7) is 7.26. The third kappa shape index (κ3) is 4.20. The Morgan fingerprint density at radius 2 is 1.94 bits per heavy atom. The Balaban J connectivity index is 2.58. The van der Waals surface area contributed by atoms with Crippen molar-refractivity contribution in [3.8, 4) is 0 Å². The molecule has 1 rings (SSSR count). The summed E-state index contributed by atoms with van der Waals surface area (Å²) in [6, 6.07) is 5.51. The van der Waals surface area contributed by atoms with E-state index in [1.807, 2.05) is 39.8 Å². The highest BCUT2D eigenvalue weighted by Gasteiger charge is 2.12. The van der Waals surface area contributed by atoms with Crippen LogP contribution >= 0.6 is 0 Å². The number of hydrogen-bond donors (Lipinski definition) is 1. The summed E-state index contributed by atoms with van der Waals surface area (Å²) < 4.78 is 4.96. The van der Waals surface area contributed by atoms with Crippen LogP contribution in [0.1, 0.15) is 35.3 Å². The van der Waals surface area contributed by atoms with Crippen LogP contribution in [0.5, 0.6) is 0 Å². The van der Waals surface area contributed by atoms with Gasteiger partial charge < -0.3 is 10.1 Å². The van der Waals surface area contributed by atoms with Crippen molar-refractivity contribution in [1.29, 1.82) is 0 Å². The quantitative estimate of drug-likeness (QED) is 0.830. The lowest BCUT2D eigenvalue weighted by atomic mass is 10.1. The second kappa shape index (κ2) is 6.19. The fourth-order valence-electron chi connectivity index (χ4n) is 1.62. The molecular weight excluding hydrogens is 230 g/mol. The van der Waals surface area contributed by atoms with E-state index >= 15 is 0 Å². The third-order valence-electron chi connectivity index (χ3n) is 2.39. The summed E-state index contributed by atoms with van der Waals surface area (Å²) in [5.74, 6) is -0.755. The van der Waals surface area contributed by atoms with Crippen LogP contribution in [0, 0.1) is 13.8 Å². The van der Waals surface area contributed by atoms with E-state index in [-0.39, 0.29) is 18.6 Å². The summed E-state index contributed by atoms with van der Waals surface area (Å²) >= 11 is 0. The highest BCUT2D eigenvalue weighted by atomic mass is 16.5. The highest BCUT2D eigenvalue weighted by molar-refractivity contribution is 5.92. The third-order valence-corrected chi connectivity index (χ3v) is 2.39. The van der Waals surface area contributed by atoms with Gasteiger partial charge >= 0.3 is 5.97 Å². The predicted molar refractivity (Wildman–Crippen MR) is 69.5 cm³/mol. The predicted octanol–water partition coefficient (Wildman–Crippen LogP) is 1.98. The van der Waals surface area contributed by atoms with Crippen molar-refractivity contribution < 1.29 is 14.3 Å². The van der Waals surface area contributed by atoms with Crippen LogP contribution in [0.2, 0.25) is 0 Å². The Kier molecular flexibility index (Phi) is 4.89. The maximum atomic E-state index is 11.8. The number of amides is 1. The number of hydrogen-bond acceptors (Lipinski definition) is 3. The number of carbonyl (C=O) groups is 2. The monoisotopic (exact) mass is 249 g/mol. The molecule has 0 spiro atoms. The molecule has 4 heteroatoms. The Morgan fingerprint density at radius 1 is 1.28 bits per heavy atom. The maximum absolute atomic E-state index is 11.8. The summed E-state index contributed by atoms with van der Waals surface area (Å²) in [6.07, 6.45) is 0. The zero-order chi connectivity index (χ0) is 13.7. The van der Waals surface area contributed by atoms with Gasteiger partial charge in [0.25, 0.3) is 5.91 Å². The number of rotatable bonds is 4. The summed E-state index contributed by atoms with van der Waals surface area (Å²) in [5.41, 5.74) is 2.43. The molecule has 0 radical (unpaired) electrons. The Labute approximate surface area is 107 Å². The van der Waals surface area contributed by atoms with E-state index in [0.717, 1.165) is 11.1 Å². The van der Waals surface area contributed by atoms with Gasteiger partial charge in [0.1, 0.15) is 0 Å². The fourth-order valence-corrected chi connectivity index (χ4v) is 1.62. The zero-order valence-electron chi connectivity index (χ0n) is 11.2. The molecule has 0 aliphatic heterocycles. The SMILES string of the molecule is Cc1ccc(C(=O)OCC(=O)NC(C)C)c(C)c1. The first kappa shape index (κ1) is 14.2. The van der Waals surface area contributed by atoms with Gasteiger partial charge in [-0.15, -0.1) is 0 Å². The van der Waals surface area contributed by atoms with Crippen molar-refractivity contribution in [2.45, 2.75) is 33.7 Å². The van der Waals surface area contributed by atoms with E-state index in [2.05, 4.69) is 5.32 Å². The largest absolute Gasteiger partial charge is 0.452 e. The van der Waals surface area contributed by atoms with Crippen LogP contribution in [0.3, 0.4) is 0 Å². The number of esters is 1. The molecule has 1 aromatic rings. The van der Waals surface area contributed by atoms with Gasteiger partial charge in [-0.1, -0.05) is 17.7 Å². The number of benzene rings is 1. The van der Waals surface area contributed by atoms with Crippen LogP contribution < -0.4 is 5.32 Å². The van der Waals surface area contributed by atoms with Crippen LogP contribution in [0.4, 0.5) is 0 Å². The van der Waals surface area contributed by atoms with Gasteiger partial charge in [-0.25, -0.2) is 4.79 Å². The molecule has 0 aliphatic rings. The molecular formula is C14H19NO3. The average molecular weight is 249 g/mol. The number of carbonyl (C=O) groups excluding carboxylic acids is 2. The lowest BCUT2D eigenvalue weighted by Crippen LogP contribution is -2.34. The molecule has 0 aromatic heterocycles. The first-order chi connectivity index (χ1) is 8.40. The van der Waals surface area contributed by atoms with Gasteiger partial charge in [0, 0.05) is 6.04 Å². The summed E-state index contributed by atoms with van der Waals surface area (Å²) in [7, 11) is 0. The van der Waals surface area contributed by atoms with E-state index in [9.17, 15) is 9.59 Å². The summed E-state index contributed by atoms with van der Waals surface area (Å²) in [5, 5.41) is 2.66. The molecule has 0 saturated carbocycles. The molecule has 0 aliphatic carbocycles. The molecule has 18 heavy (non-hydrogen) atoms. The van der Waals surface area contributed by atoms with E-state index in [0.29, 0.717) is 5.56 Å². The number of nitrogens with one attached hydrogen (secondary N) is 1. The van der Waals surface area contributed by atoms with E-state index in [1.165, 1.54) is 0 Å².